The molecule has 2 N–H and O–H groups in total. The van der Waals surface area contributed by atoms with E-state index in [9.17, 15) is 0 Å². The molecule has 0 spiro atoms. The molecule has 1 saturated carbocycles. The number of hydrogen-bond acceptors (Lipinski definition) is 7. The normalized spacial score (nSPS) is 21.7. The van der Waals surface area contributed by atoms with Crippen molar-refractivity contribution in [1.29, 1.82) is 0 Å². The summed E-state index contributed by atoms with van der Waals surface area (Å²) < 4.78 is 11.0. The fourth-order valence-electron chi connectivity index (χ4n) is 5.49. The Morgan fingerprint density at radius 3 is 2.74 bits per heavy atom. The van der Waals surface area contributed by atoms with Gasteiger partial charge in [-0.3, -0.25) is 4.90 Å². The van der Waals surface area contributed by atoms with E-state index in [1.165, 1.54) is 12.8 Å². The molecule has 0 unspecified atom stereocenters. The van der Waals surface area contributed by atoms with Crippen LogP contribution in [0, 0.1) is 0 Å². The summed E-state index contributed by atoms with van der Waals surface area (Å²) in [5.41, 5.74) is 3.92. The molecule has 176 valence electrons. The van der Waals surface area contributed by atoms with Gasteiger partial charge in [0.2, 0.25) is 5.88 Å². The number of nitrogens with zero attached hydrogens (tertiary/aromatic N) is 4. The maximum Gasteiger partial charge on any atom is 0.221 e. The largest absolute Gasteiger partial charge is 0.481 e. The van der Waals surface area contributed by atoms with E-state index in [0.29, 0.717) is 18.0 Å². The number of hydrogen-bond donors (Lipinski definition) is 2. The Morgan fingerprint density at radius 2 is 1.91 bits per heavy atom. The number of benzene rings is 1. The van der Waals surface area contributed by atoms with Crippen LogP contribution in [-0.4, -0.2) is 70.3 Å². The molecule has 0 amide bonds. The maximum atomic E-state index is 5.53. The summed E-state index contributed by atoms with van der Waals surface area (Å²) in [4.78, 5) is 19.6. The molecule has 2 fully saturated rings. The summed E-state index contributed by atoms with van der Waals surface area (Å²) >= 11 is 0. The lowest BCUT2D eigenvalue weighted by molar-refractivity contribution is 0.00791. The molecule has 0 atom stereocenters. The van der Waals surface area contributed by atoms with Crippen LogP contribution < -0.4 is 10.1 Å². The van der Waals surface area contributed by atoms with Crippen molar-refractivity contribution in [2.45, 2.75) is 37.8 Å². The van der Waals surface area contributed by atoms with E-state index >= 15 is 0 Å². The minimum atomic E-state index is 0.418. The first-order chi connectivity index (χ1) is 16.8. The van der Waals surface area contributed by atoms with Crippen LogP contribution in [0.15, 0.2) is 42.9 Å². The average Bonchev–Trinajstić information content (AvgIpc) is 3.28. The molecule has 1 aliphatic carbocycles. The van der Waals surface area contributed by atoms with Crippen molar-refractivity contribution in [2.24, 2.45) is 0 Å². The van der Waals surface area contributed by atoms with Gasteiger partial charge in [-0.15, -0.1) is 0 Å². The van der Waals surface area contributed by atoms with Crippen LogP contribution in [0.4, 0.5) is 5.82 Å². The SMILES string of the molecule is COc1ncccc1-c1ccc2[nH]c3ncnc(N[C@H]4CC[C@H](N5CCOCC5)CC4)c3c2c1. The second kappa shape index (κ2) is 9.19. The number of morpholine rings is 1. The van der Waals surface area contributed by atoms with Gasteiger partial charge in [0.25, 0.3) is 0 Å². The molecule has 2 aliphatic rings. The van der Waals surface area contributed by atoms with Crippen LogP contribution in [0.25, 0.3) is 33.1 Å². The number of fused-ring (bicyclic) bond motifs is 3. The summed E-state index contributed by atoms with van der Waals surface area (Å²) in [6.45, 7) is 3.86. The number of H-pyrrole nitrogens is 1. The predicted octanol–water partition coefficient (Wildman–Crippen LogP) is 4.24. The molecule has 1 saturated heterocycles. The monoisotopic (exact) mass is 458 g/mol. The number of nitrogens with one attached hydrogen (secondary N) is 2. The smallest absolute Gasteiger partial charge is 0.221 e. The Labute approximate surface area is 198 Å². The Kier molecular flexibility index (Phi) is 5.76. The molecular weight excluding hydrogens is 428 g/mol. The van der Waals surface area contributed by atoms with Crippen LogP contribution in [0.2, 0.25) is 0 Å². The van der Waals surface area contributed by atoms with Gasteiger partial charge in [-0.25, -0.2) is 15.0 Å². The van der Waals surface area contributed by atoms with E-state index in [1.807, 2.05) is 12.1 Å². The Balaban J connectivity index is 1.28. The third-order valence-electron chi connectivity index (χ3n) is 7.26. The maximum absolute atomic E-state index is 5.53. The zero-order valence-electron chi connectivity index (χ0n) is 19.5. The van der Waals surface area contributed by atoms with Gasteiger partial charge in [0, 0.05) is 47.8 Å². The second-order valence-electron chi connectivity index (χ2n) is 9.19. The zero-order chi connectivity index (χ0) is 22.9. The fourth-order valence-corrected chi connectivity index (χ4v) is 5.49. The molecule has 6 rings (SSSR count). The highest BCUT2D eigenvalue weighted by Gasteiger charge is 2.27. The Morgan fingerprint density at radius 1 is 1.06 bits per heavy atom. The molecule has 8 nitrogen and oxygen atoms in total. The first-order valence-electron chi connectivity index (χ1n) is 12.1. The van der Waals surface area contributed by atoms with Crippen LogP contribution in [0.1, 0.15) is 25.7 Å². The van der Waals surface area contributed by atoms with Gasteiger partial charge in [0.15, 0.2) is 0 Å². The first-order valence-corrected chi connectivity index (χ1v) is 12.1. The van der Waals surface area contributed by atoms with E-state index in [-0.39, 0.29) is 0 Å². The van der Waals surface area contributed by atoms with Crippen molar-refractivity contribution < 1.29 is 9.47 Å². The second-order valence-corrected chi connectivity index (χ2v) is 9.19. The number of ether oxygens (including phenoxy) is 2. The quantitative estimate of drug-likeness (QED) is 0.462. The van der Waals surface area contributed by atoms with E-state index in [2.05, 4.69) is 48.4 Å². The summed E-state index contributed by atoms with van der Waals surface area (Å²) in [5, 5.41) is 5.90. The van der Waals surface area contributed by atoms with Gasteiger partial charge < -0.3 is 19.8 Å². The molecule has 4 aromatic rings. The summed E-state index contributed by atoms with van der Waals surface area (Å²) in [6.07, 6.45) is 8.11. The summed E-state index contributed by atoms with van der Waals surface area (Å²) in [7, 11) is 1.65. The topological polar surface area (TPSA) is 88.2 Å². The van der Waals surface area contributed by atoms with Crippen LogP contribution in [-0.2, 0) is 4.74 Å². The van der Waals surface area contributed by atoms with Crippen LogP contribution in [0.3, 0.4) is 0 Å². The average molecular weight is 459 g/mol. The molecule has 3 aromatic heterocycles. The van der Waals surface area contributed by atoms with Gasteiger partial charge in [0.1, 0.15) is 17.8 Å². The molecule has 4 heterocycles. The van der Waals surface area contributed by atoms with Gasteiger partial charge in [0.05, 0.1) is 25.7 Å². The standard InChI is InChI=1S/C26H30N6O2/c1-33-26-20(3-2-10-27-26)17-4-9-22-21(15-17)23-24(28-16-29-25(23)31-22)30-18-5-7-19(8-6-18)32-11-13-34-14-12-32/h2-4,9-10,15-16,18-19H,5-8,11-14H2,1H3,(H2,28,29,30,31)/t18-,19-. The van der Waals surface area contributed by atoms with Crippen molar-refractivity contribution in [1.82, 2.24) is 24.8 Å². The van der Waals surface area contributed by atoms with Crippen molar-refractivity contribution in [3.63, 3.8) is 0 Å². The Bertz CT molecular complexity index is 1290. The lowest BCUT2D eigenvalue weighted by Gasteiger charge is -2.39. The predicted molar refractivity (Wildman–Crippen MR) is 133 cm³/mol. The van der Waals surface area contributed by atoms with Crippen molar-refractivity contribution >= 4 is 27.8 Å². The van der Waals surface area contributed by atoms with E-state index in [0.717, 1.165) is 78.0 Å². The number of pyridine rings is 1. The number of rotatable bonds is 5. The number of aromatic amines is 1. The van der Waals surface area contributed by atoms with Crippen molar-refractivity contribution in [3.8, 4) is 17.0 Å². The highest BCUT2D eigenvalue weighted by molar-refractivity contribution is 6.12. The number of methoxy groups -OCH3 is 1. The summed E-state index contributed by atoms with van der Waals surface area (Å²) in [5.74, 6) is 1.52. The van der Waals surface area contributed by atoms with Gasteiger partial charge in [-0.2, -0.15) is 0 Å². The molecule has 0 bridgehead atoms. The van der Waals surface area contributed by atoms with Crippen molar-refractivity contribution in [3.05, 3.63) is 42.9 Å². The third-order valence-corrected chi connectivity index (χ3v) is 7.26. The zero-order valence-corrected chi connectivity index (χ0v) is 19.5. The molecule has 8 heteroatoms. The van der Waals surface area contributed by atoms with Gasteiger partial charge >= 0.3 is 0 Å². The molecule has 1 aromatic carbocycles. The third kappa shape index (κ3) is 3.97. The van der Waals surface area contributed by atoms with Gasteiger partial charge in [-0.1, -0.05) is 6.07 Å². The molecule has 34 heavy (non-hydrogen) atoms. The molecule has 1 aliphatic heterocycles. The lowest BCUT2D eigenvalue weighted by atomic mass is 9.90. The molecule has 0 radical (unpaired) electrons. The number of anilines is 1. The number of aromatic nitrogens is 4. The minimum absolute atomic E-state index is 0.418. The highest BCUT2D eigenvalue weighted by atomic mass is 16.5. The van der Waals surface area contributed by atoms with E-state index in [1.54, 1.807) is 19.6 Å². The van der Waals surface area contributed by atoms with Gasteiger partial charge in [-0.05, 0) is 55.5 Å². The van der Waals surface area contributed by atoms with Crippen molar-refractivity contribution in [2.75, 3.05) is 38.7 Å². The first kappa shape index (κ1) is 21.3. The van der Waals surface area contributed by atoms with E-state index in [4.69, 9.17) is 9.47 Å². The summed E-state index contributed by atoms with van der Waals surface area (Å²) in [6, 6.07) is 11.4. The molecular formula is C26H30N6O2. The minimum Gasteiger partial charge on any atom is -0.481 e. The van der Waals surface area contributed by atoms with Crippen LogP contribution in [0.5, 0.6) is 5.88 Å². The lowest BCUT2D eigenvalue weighted by Crippen LogP contribution is -2.46. The van der Waals surface area contributed by atoms with E-state index < -0.39 is 0 Å². The fraction of sp³-hybridized carbons (Fsp3) is 0.423. The van der Waals surface area contributed by atoms with Crippen LogP contribution >= 0.6 is 0 Å². The highest BCUT2D eigenvalue weighted by Crippen LogP contribution is 2.36. The Hall–Kier alpha value is -3.23.